The molecule has 0 aliphatic heterocycles. The molecule has 11 heteroatoms. The van der Waals surface area contributed by atoms with Gasteiger partial charge < -0.3 is 29.6 Å². The lowest BCUT2D eigenvalue weighted by molar-refractivity contribution is -0.137. The number of benzene rings is 3. The Kier molecular flexibility index (Phi) is 10.5. The lowest BCUT2D eigenvalue weighted by atomic mass is 9.94. The molecule has 41 heavy (non-hydrogen) atoms. The van der Waals surface area contributed by atoms with Crippen LogP contribution in [0.2, 0.25) is 5.02 Å². The maximum absolute atomic E-state index is 14.1. The zero-order chi connectivity index (χ0) is 30.3. The van der Waals surface area contributed by atoms with E-state index in [0.29, 0.717) is 44.6 Å². The van der Waals surface area contributed by atoms with Gasteiger partial charge in [-0.05, 0) is 36.8 Å². The molecule has 0 saturated heterocycles. The van der Waals surface area contributed by atoms with Crippen LogP contribution in [0.4, 0.5) is 18.9 Å². The first-order valence-electron chi connectivity index (χ1n) is 12.8. The Bertz CT molecular complexity index is 1500. The number of anilines is 1. The number of aliphatic hydroxyl groups excluding tert-OH is 1. The summed E-state index contributed by atoms with van der Waals surface area (Å²) in [5.41, 5.74) is 0.817. The highest BCUT2D eigenvalue weighted by atomic mass is 35.5. The number of aromatic nitrogens is 1. The molecule has 220 valence electrons. The van der Waals surface area contributed by atoms with Crippen molar-refractivity contribution in [1.29, 1.82) is 0 Å². The van der Waals surface area contributed by atoms with Crippen molar-refractivity contribution in [2.75, 3.05) is 32.8 Å². The Hall–Kier alpha value is -3.89. The number of nitrogens with one attached hydrogen (secondary N) is 2. The second-order valence-corrected chi connectivity index (χ2v) is 9.15. The monoisotopic (exact) mass is 592 g/mol. The molecule has 7 nitrogen and oxygen atoms in total. The lowest BCUT2D eigenvalue weighted by Crippen LogP contribution is -2.22. The van der Waals surface area contributed by atoms with E-state index in [-0.39, 0.29) is 24.2 Å². The number of hydrogen-bond donors (Lipinski definition) is 3. The predicted octanol–water partition coefficient (Wildman–Crippen LogP) is 7.60. The molecule has 0 fully saturated rings. The molecule has 1 unspecified atom stereocenters. The molecule has 1 heterocycles. The van der Waals surface area contributed by atoms with Gasteiger partial charge in [0.2, 0.25) is 0 Å². The van der Waals surface area contributed by atoms with Crippen molar-refractivity contribution in [2.45, 2.75) is 33.0 Å². The number of aryl methyl sites for hydroxylation is 1. The first-order chi connectivity index (χ1) is 19.5. The van der Waals surface area contributed by atoms with Crippen molar-refractivity contribution in [3.05, 3.63) is 82.0 Å². The first kappa shape index (κ1) is 31.6. The maximum Gasteiger partial charge on any atom is 0.416 e. The average molecular weight is 593 g/mol. The van der Waals surface area contributed by atoms with Gasteiger partial charge in [-0.25, -0.2) is 0 Å². The quantitative estimate of drug-likeness (QED) is 0.164. The Balaban J connectivity index is 0.00000226. The Labute approximate surface area is 241 Å². The highest BCUT2D eigenvalue weighted by molar-refractivity contribution is 6.30. The number of carbonyl (C=O) groups excluding carboxylic acids is 1. The van der Waals surface area contributed by atoms with Crippen LogP contribution in [0.15, 0.2) is 54.7 Å². The third kappa shape index (κ3) is 7.25. The number of hydrogen-bond acceptors (Lipinski definition) is 6. The molecular formula is C30H32ClF3N2O5. The van der Waals surface area contributed by atoms with E-state index in [2.05, 4.69) is 10.3 Å². The molecule has 0 aliphatic rings. The van der Waals surface area contributed by atoms with Crippen molar-refractivity contribution in [3.8, 4) is 17.2 Å². The molecule has 0 aliphatic carbocycles. The summed E-state index contributed by atoms with van der Waals surface area (Å²) >= 11 is 6.15. The minimum absolute atomic E-state index is 0.0379. The van der Waals surface area contributed by atoms with Crippen LogP contribution in [-0.2, 0) is 6.18 Å². The van der Waals surface area contributed by atoms with E-state index < -0.39 is 23.6 Å². The molecule has 3 N–H and O–H groups in total. The van der Waals surface area contributed by atoms with Gasteiger partial charge in [-0.3, -0.25) is 4.79 Å². The molecule has 0 saturated carbocycles. The van der Waals surface area contributed by atoms with E-state index in [1.807, 2.05) is 13.8 Å². The number of carbonyl (C=O) groups is 1. The number of halogens is 4. The third-order valence-electron chi connectivity index (χ3n) is 6.13. The standard InChI is InChI=1S/C28H26ClF3N2O5.C2H6/c1-15-8-16(28(30,31)32)9-22-23(14-33-25(15)22)27(36)26(21-5-4-17(29)10-24(21)38-3)34-18-11-19(37-2)13-20(12-18)39-7-6-35;1-2/h4-5,8-14,26,33-35H,6-7H2,1-3H3;1-2H3. The minimum atomic E-state index is -4.58. The van der Waals surface area contributed by atoms with Crippen LogP contribution in [0, 0.1) is 6.92 Å². The summed E-state index contributed by atoms with van der Waals surface area (Å²) in [5, 5.41) is 12.8. The molecule has 1 aromatic heterocycles. The molecule has 4 aromatic rings. The van der Waals surface area contributed by atoms with Crippen LogP contribution in [0.1, 0.15) is 46.9 Å². The number of aliphatic hydroxyl groups is 1. The van der Waals surface area contributed by atoms with Crippen LogP contribution in [0.25, 0.3) is 10.9 Å². The molecular weight excluding hydrogens is 561 g/mol. The van der Waals surface area contributed by atoms with Gasteiger partial charge in [0.25, 0.3) is 0 Å². The van der Waals surface area contributed by atoms with Crippen molar-refractivity contribution < 1.29 is 37.3 Å². The summed E-state index contributed by atoms with van der Waals surface area (Å²) in [6.07, 6.45) is -3.18. The van der Waals surface area contributed by atoms with Crippen LogP contribution in [0.5, 0.6) is 17.2 Å². The topological polar surface area (TPSA) is 92.8 Å². The van der Waals surface area contributed by atoms with E-state index in [1.54, 1.807) is 43.3 Å². The number of alkyl halides is 3. The van der Waals surface area contributed by atoms with Gasteiger partial charge in [-0.1, -0.05) is 31.5 Å². The molecule has 0 spiro atoms. The Morgan fingerprint density at radius 2 is 1.76 bits per heavy atom. The fraction of sp³-hybridized carbons (Fsp3) is 0.300. The maximum atomic E-state index is 14.1. The summed E-state index contributed by atoms with van der Waals surface area (Å²) < 4.78 is 57.2. The molecule has 0 radical (unpaired) electrons. The van der Waals surface area contributed by atoms with Crippen LogP contribution < -0.4 is 19.5 Å². The molecule has 1 atom stereocenters. The van der Waals surface area contributed by atoms with Gasteiger partial charge in [-0.15, -0.1) is 0 Å². The van der Waals surface area contributed by atoms with Gasteiger partial charge in [-0.2, -0.15) is 13.2 Å². The Morgan fingerprint density at radius 3 is 2.39 bits per heavy atom. The summed E-state index contributed by atoms with van der Waals surface area (Å²) in [7, 11) is 2.89. The highest BCUT2D eigenvalue weighted by Crippen LogP contribution is 2.38. The van der Waals surface area contributed by atoms with Crippen LogP contribution in [-0.4, -0.2) is 43.3 Å². The number of ketones is 1. The van der Waals surface area contributed by atoms with Crippen LogP contribution >= 0.6 is 11.6 Å². The number of ether oxygens (including phenoxy) is 3. The summed E-state index contributed by atoms with van der Waals surface area (Å²) in [6, 6.07) is 10.5. The fourth-order valence-electron chi connectivity index (χ4n) is 4.33. The van der Waals surface area contributed by atoms with E-state index in [0.717, 1.165) is 12.1 Å². The zero-order valence-corrected chi connectivity index (χ0v) is 24.0. The number of Topliss-reactive ketones (excluding diaryl/α,β-unsaturated/α-hetero) is 1. The summed E-state index contributed by atoms with van der Waals surface area (Å²) in [6.45, 7) is 5.38. The largest absolute Gasteiger partial charge is 0.497 e. The van der Waals surface area contributed by atoms with Crippen molar-refractivity contribution in [2.24, 2.45) is 0 Å². The van der Waals surface area contributed by atoms with Gasteiger partial charge in [0.05, 0.1) is 26.4 Å². The SMILES string of the molecule is CC.COc1cc(NC(C(=O)c2c[nH]c3c(C)cc(C(F)(F)F)cc23)c2ccc(Cl)cc2OC)cc(OCCO)c1. The number of H-pyrrole nitrogens is 1. The lowest BCUT2D eigenvalue weighted by Gasteiger charge is -2.22. The molecule has 0 bridgehead atoms. The molecule has 4 rings (SSSR count). The van der Waals surface area contributed by atoms with Crippen molar-refractivity contribution in [3.63, 3.8) is 0 Å². The molecule has 0 amide bonds. The van der Waals surface area contributed by atoms with E-state index in [1.165, 1.54) is 20.4 Å². The average Bonchev–Trinajstić information content (AvgIpc) is 3.40. The fourth-order valence-corrected chi connectivity index (χ4v) is 4.49. The number of rotatable bonds is 10. The van der Waals surface area contributed by atoms with Crippen LogP contribution in [0.3, 0.4) is 0 Å². The first-order valence-corrected chi connectivity index (χ1v) is 13.2. The van der Waals surface area contributed by atoms with Crippen molar-refractivity contribution in [1.82, 2.24) is 4.98 Å². The number of methoxy groups -OCH3 is 2. The normalized spacial score (nSPS) is 11.9. The Morgan fingerprint density at radius 1 is 1.05 bits per heavy atom. The second-order valence-electron chi connectivity index (χ2n) is 8.71. The predicted molar refractivity (Wildman–Crippen MR) is 154 cm³/mol. The number of aromatic amines is 1. The number of fused-ring (bicyclic) bond motifs is 1. The second kappa shape index (κ2) is 13.6. The van der Waals surface area contributed by atoms with Crippen molar-refractivity contribution >= 4 is 34.0 Å². The minimum Gasteiger partial charge on any atom is -0.497 e. The zero-order valence-electron chi connectivity index (χ0n) is 23.3. The van der Waals surface area contributed by atoms with E-state index in [4.69, 9.17) is 30.9 Å². The smallest absolute Gasteiger partial charge is 0.416 e. The van der Waals surface area contributed by atoms with E-state index >= 15 is 0 Å². The van der Waals surface area contributed by atoms with Gasteiger partial charge in [0.15, 0.2) is 5.78 Å². The van der Waals surface area contributed by atoms with Gasteiger partial charge >= 0.3 is 6.18 Å². The van der Waals surface area contributed by atoms with Gasteiger partial charge in [0.1, 0.15) is 29.9 Å². The molecule has 3 aromatic carbocycles. The highest BCUT2D eigenvalue weighted by Gasteiger charge is 2.33. The van der Waals surface area contributed by atoms with E-state index in [9.17, 15) is 18.0 Å². The summed E-state index contributed by atoms with van der Waals surface area (Å²) in [5.74, 6) is 0.582. The summed E-state index contributed by atoms with van der Waals surface area (Å²) in [4.78, 5) is 17.1. The van der Waals surface area contributed by atoms with Gasteiger partial charge in [0, 0.05) is 57.1 Å². The third-order valence-corrected chi connectivity index (χ3v) is 6.37.